The van der Waals surface area contributed by atoms with E-state index in [1.165, 1.54) is 4.88 Å². The molecule has 0 radical (unpaired) electrons. The van der Waals surface area contributed by atoms with Gasteiger partial charge in [-0.2, -0.15) is 0 Å². The molecule has 5 nitrogen and oxygen atoms in total. The second kappa shape index (κ2) is 5.65. The Labute approximate surface area is 126 Å². The lowest BCUT2D eigenvalue weighted by molar-refractivity contribution is -0.121. The minimum Gasteiger partial charge on any atom is -0.348 e. The fraction of sp³-hybridized carbons (Fsp3) is 0.267. The number of benzene rings is 1. The standard InChI is InChI=1S/C15H16N4OS/c1-10-11(2)21-15(18-10)7-16-14(20)8-19-9-17-12-5-3-4-6-13(12)19/h3-6,9H,7-8H2,1-2H3,(H,16,20). The number of carbonyl (C=O) groups is 1. The Balaban J connectivity index is 1.64. The molecule has 2 heterocycles. The van der Waals surface area contributed by atoms with Gasteiger partial charge in [0.2, 0.25) is 5.91 Å². The van der Waals surface area contributed by atoms with Crippen molar-refractivity contribution >= 4 is 28.3 Å². The lowest BCUT2D eigenvalue weighted by atomic mass is 10.3. The molecular formula is C15H16N4OS. The van der Waals surface area contributed by atoms with Gasteiger partial charge in [0.05, 0.1) is 29.6 Å². The van der Waals surface area contributed by atoms with Crippen molar-refractivity contribution in [2.75, 3.05) is 0 Å². The maximum absolute atomic E-state index is 12.0. The zero-order chi connectivity index (χ0) is 14.8. The number of hydrogen-bond donors (Lipinski definition) is 1. The van der Waals surface area contributed by atoms with Gasteiger partial charge in [0.15, 0.2) is 0 Å². The molecule has 1 N–H and O–H groups in total. The van der Waals surface area contributed by atoms with Gasteiger partial charge in [-0.3, -0.25) is 4.79 Å². The van der Waals surface area contributed by atoms with Gasteiger partial charge < -0.3 is 9.88 Å². The van der Waals surface area contributed by atoms with Crippen LogP contribution in [0.2, 0.25) is 0 Å². The molecule has 1 aromatic carbocycles. The van der Waals surface area contributed by atoms with Gasteiger partial charge >= 0.3 is 0 Å². The first-order valence-corrected chi connectivity index (χ1v) is 7.54. The Kier molecular flexibility index (Phi) is 3.70. The molecule has 1 amide bonds. The molecule has 3 rings (SSSR count). The summed E-state index contributed by atoms with van der Waals surface area (Å²) in [5.74, 6) is -0.0383. The highest BCUT2D eigenvalue weighted by Gasteiger charge is 2.08. The number of amides is 1. The molecule has 0 saturated heterocycles. The van der Waals surface area contributed by atoms with Crippen LogP contribution in [0.4, 0.5) is 0 Å². The van der Waals surface area contributed by atoms with E-state index >= 15 is 0 Å². The van der Waals surface area contributed by atoms with E-state index in [1.54, 1.807) is 17.7 Å². The Morgan fingerprint density at radius 2 is 2.14 bits per heavy atom. The lowest BCUT2D eigenvalue weighted by Gasteiger charge is -2.05. The summed E-state index contributed by atoms with van der Waals surface area (Å²) in [6.45, 7) is 4.76. The van der Waals surface area contributed by atoms with Crippen molar-refractivity contribution in [3.63, 3.8) is 0 Å². The van der Waals surface area contributed by atoms with Gasteiger partial charge in [0, 0.05) is 4.88 Å². The van der Waals surface area contributed by atoms with Gasteiger partial charge in [0.1, 0.15) is 11.6 Å². The molecule has 3 aromatic rings. The number of nitrogens with zero attached hydrogens (tertiary/aromatic N) is 3. The third-order valence-electron chi connectivity index (χ3n) is 3.35. The van der Waals surface area contributed by atoms with Crippen LogP contribution in [0.25, 0.3) is 11.0 Å². The molecule has 0 aliphatic carbocycles. The van der Waals surface area contributed by atoms with E-state index in [0.29, 0.717) is 6.54 Å². The minimum atomic E-state index is -0.0383. The van der Waals surface area contributed by atoms with Crippen LogP contribution in [0.15, 0.2) is 30.6 Å². The van der Waals surface area contributed by atoms with Crippen LogP contribution < -0.4 is 5.32 Å². The van der Waals surface area contributed by atoms with E-state index < -0.39 is 0 Å². The lowest BCUT2D eigenvalue weighted by Crippen LogP contribution is -2.26. The van der Waals surface area contributed by atoms with Crippen molar-refractivity contribution in [3.05, 3.63) is 46.2 Å². The predicted octanol–water partition coefficient (Wildman–Crippen LogP) is 2.43. The van der Waals surface area contributed by atoms with Gasteiger partial charge in [-0.15, -0.1) is 11.3 Å². The van der Waals surface area contributed by atoms with Crippen molar-refractivity contribution < 1.29 is 4.79 Å². The number of fused-ring (bicyclic) bond motifs is 1. The highest BCUT2D eigenvalue weighted by atomic mass is 32.1. The van der Waals surface area contributed by atoms with E-state index in [9.17, 15) is 4.79 Å². The zero-order valence-corrected chi connectivity index (χ0v) is 12.8. The topological polar surface area (TPSA) is 59.8 Å². The third-order valence-corrected chi connectivity index (χ3v) is 4.42. The number of aryl methyl sites for hydroxylation is 2. The molecule has 2 aromatic heterocycles. The van der Waals surface area contributed by atoms with E-state index in [2.05, 4.69) is 15.3 Å². The molecule has 0 atom stereocenters. The molecule has 0 fully saturated rings. The summed E-state index contributed by atoms with van der Waals surface area (Å²) < 4.78 is 1.85. The Morgan fingerprint density at radius 1 is 1.33 bits per heavy atom. The summed E-state index contributed by atoms with van der Waals surface area (Å²) in [4.78, 5) is 21.9. The summed E-state index contributed by atoms with van der Waals surface area (Å²) in [5, 5.41) is 3.84. The summed E-state index contributed by atoms with van der Waals surface area (Å²) in [6.07, 6.45) is 1.70. The largest absolute Gasteiger partial charge is 0.348 e. The van der Waals surface area contributed by atoms with Gasteiger partial charge in [-0.05, 0) is 26.0 Å². The van der Waals surface area contributed by atoms with Crippen molar-refractivity contribution in [2.45, 2.75) is 26.9 Å². The van der Waals surface area contributed by atoms with E-state index in [0.717, 1.165) is 21.7 Å². The second-order valence-corrected chi connectivity index (χ2v) is 6.17. The quantitative estimate of drug-likeness (QED) is 0.805. The van der Waals surface area contributed by atoms with E-state index in [1.807, 2.05) is 42.7 Å². The van der Waals surface area contributed by atoms with Gasteiger partial charge in [-0.25, -0.2) is 9.97 Å². The fourth-order valence-corrected chi connectivity index (χ4v) is 3.01. The number of para-hydroxylation sites is 2. The van der Waals surface area contributed by atoms with Crippen molar-refractivity contribution in [1.29, 1.82) is 0 Å². The van der Waals surface area contributed by atoms with Crippen LogP contribution in [-0.4, -0.2) is 20.4 Å². The predicted molar refractivity (Wildman–Crippen MR) is 83.2 cm³/mol. The van der Waals surface area contributed by atoms with Crippen LogP contribution >= 0.6 is 11.3 Å². The fourth-order valence-electron chi connectivity index (χ4n) is 2.14. The maximum Gasteiger partial charge on any atom is 0.240 e. The van der Waals surface area contributed by atoms with E-state index in [4.69, 9.17) is 0 Å². The number of thiazole rings is 1. The second-order valence-electron chi connectivity index (χ2n) is 4.89. The molecule has 0 unspecified atom stereocenters. The first kappa shape index (κ1) is 13.8. The summed E-state index contributed by atoms with van der Waals surface area (Å²) >= 11 is 1.62. The molecule has 0 aliphatic heterocycles. The monoisotopic (exact) mass is 300 g/mol. The van der Waals surface area contributed by atoms with Crippen molar-refractivity contribution in [1.82, 2.24) is 19.9 Å². The average molecular weight is 300 g/mol. The van der Waals surface area contributed by atoms with Gasteiger partial charge in [0.25, 0.3) is 0 Å². The third kappa shape index (κ3) is 2.95. The first-order valence-electron chi connectivity index (χ1n) is 6.73. The number of hydrogen-bond acceptors (Lipinski definition) is 4. The molecule has 21 heavy (non-hydrogen) atoms. The maximum atomic E-state index is 12.0. The number of carbonyl (C=O) groups excluding carboxylic acids is 1. The van der Waals surface area contributed by atoms with Crippen molar-refractivity contribution in [2.24, 2.45) is 0 Å². The Bertz CT molecular complexity index is 770. The Hall–Kier alpha value is -2.21. The van der Waals surface area contributed by atoms with Crippen LogP contribution in [0.3, 0.4) is 0 Å². The summed E-state index contributed by atoms with van der Waals surface area (Å²) in [7, 11) is 0. The normalized spacial score (nSPS) is 11.0. The number of imidazole rings is 1. The smallest absolute Gasteiger partial charge is 0.240 e. The van der Waals surface area contributed by atoms with Crippen molar-refractivity contribution in [3.8, 4) is 0 Å². The number of nitrogens with one attached hydrogen (secondary N) is 1. The molecule has 0 spiro atoms. The van der Waals surface area contributed by atoms with E-state index in [-0.39, 0.29) is 12.5 Å². The molecule has 0 bridgehead atoms. The highest BCUT2D eigenvalue weighted by molar-refractivity contribution is 7.11. The average Bonchev–Trinajstić information content (AvgIpc) is 3.02. The van der Waals surface area contributed by atoms with Crippen LogP contribution in [0.5, 0.6) is 0 Å². The van der Waals surface area contributed by atoms with Crippen LogP contribution in [0.1, 0.15) is 15.6 Å². The molecule has 0 aliphatic rings. The number of aromatic nitrogens is 3. The Morgan fingerprint density at radius 3 is 2.90 bits per heavy atom. The molecule has 6 heteroatoms. The zero-order valence-electron chi connectivity index (χ0n) is 12.0. The minimum absolute atomic E-state index is 0.0383. The summed E-state index contributed by atoms with van der Waals surface area (Å²) in [6, 6.07) is 7.78. The highest BCUT2D eigenvalue weighted by Crippen LogP contribution is 2.16. The molecule has 108 valence electrons. The molecular weight excluding hydrogens is 284 g/mol. The SMILES string of the molecule is Cc1nc(CNC(=O)Cn2cnc3ccccc32)sc1C. The first-order chi connectivity index (χ1) is 10.1. The summed E-state index contributed by atoms with van der Waals surface area (Å²) in [5.41, 5.74) is 2.90. The van der Waals surface area contributed by atoms with Crippen LogP contribution in [-0.2, 0) is 17.9 Å². The van der Waals surface area contributed by atoms with Crippen LogP contribution in [0, 0.1) is 13.8 Å². The molecule has 0 saturated carbocycles. The van der Waals surface area contributed by atoms with Gasteiger partial charge in [-0.1, -0.05) is 12.1 Å². The number of rotatable bonds is 4.